The highest BCUT2D eigenvalue weighted by Crippen LogP contribution is 2.36. The van der Waals surface area contributed by atoms with E-state index < -0.39 is 17.6 Å². The molecule has 2 heterocycles. The number of hydrogen-bond donors (Lipinski definition) is 1. The van der Waals surface area contributed by atoms with E-state index in [9.17, 15) is 22.4 Å². The van der Waals surface area contributed by atoms with Gasteiger partial charge in [-0.2, -0.15) is 13.2 Å². The fraction of sp³-hybridized carbons (Fsp3) is 0.444. The Morgan fingerprint density at radius 2 is 1.80 bits per heavy atom. The van der Waals surface area contributed by atoms with Crippen molar-refractivity contribution in [3.8, 4) is 11.1 Å². The maximum Gasteiger partial charge on any atom is 0.416 e. The number of hydrogen-bond acceptors (Lipinski definition) is 3. The summed E-state index contributed by atoms with van der Waals surface area (Å²) in [7, 11) is 4.30. The van der Waals surface area contributed by atoms with E-state index in [0.29, 0.717) is 24.8 Å². The summed E-state index contributed by atoms with van der Waals surface area (Å²) in [5.74, 6) is -0.331. The fourth-order valence-corrected chi connectivity index (χ4v) is 6.53. The third-order valence-electron chi connectivity index (χ3n) is 9.26. The van der Waals surface area contributed by atoms with Crippen molar-refractivity contribution < 1.29 is 22.4 Å². The average Bonchev–Trinajstić information content (AvgIpc) is 3.30. The number of aromatic nitrogens is 2. The molecule has 9 heteroatoms. The summed E-state index contributed by atoms with van der Waals surface area (Å²) in [6, 6.07) is 15.4. The Bertz CT molecular complexity index is 1640. The van der Waals surface area contributed by atoms with Crippen molar-refractivity contribution >= 4 is 22.6 Å². The van der Waals surface area contributed by atoms with Crippen molar-refractivity contribution in [3.05, 3.63) is 82.9 Å². The standard InChI is InChI=1S/C36H42F4N4O/c1-5-25(35(45)42-32-17-16-29(21-31(32)37)36(38,39)40)10-7-6-9-24-12-14-26(15-13-24)28-19-30(27-11-8-18-43(3)22-27)34-33(20-28)41-23(2)44(34)4/h12-17,19-21,25,27H,5-11,18,22H2,1-4H3,(H,42,45). The zero-order chi connectivity index (χ0) is 32.3. The molecule has 1 saturated heterocycles. The molecule has 1 fully saturated rings. The molecule has 0 radical (unpaired) electrons. The van der Waals surface area contributed by atoms with Gasteiger partial charge in [0.25, 0.3) is 0 Å². The first-order valence-electron chi connectivity index (χ1n) is 15.9. The van der Waals surface area contributed by atoms with Crippen LogP contribution in [0, 0.1) is 18.7 Å². The number of unbranched alkanes of at least 4 members (excludes halogenated alkanes) is 1. The molecule has 1 aliphatic rings. The van der Waals surface area contributed by atoms with Gasteiger partial charge in [0.15, 0.2) is 0 Å². The highest BCUT2D eigenvalue weighted by Gasteiger charge is 2.31. The Morgan fingerprint density at radius 1 is 1.04 bits per heavy atom. The monoisotopic (exact) mass is 622 g/mol. The van der Waals surface area contributed by atoms with Crippen LogP contribution < -0.4 is 5.32 Å². The second kappa shape index (κ2) is 13.7. The van der Waals surface area contributed by atoms with Crippen LogP contribution >= 0.6 is 0 Å². The van der Waals surface area contributed by atoms with Crippen molar-refractivity contribution in [2.45, 2.75) is 70.9 Å². The molecule has 1 aliphatic heterocycles. The molecule has 240 valence electrons. The summed E-state index contributed by atoms with van der Waals surface area (Å²) >= 11 is 0. The number of likely N-dealkylation sites (tertiary alicyclic amines) is 1. The summed E-state index contributed by atoms with van der Waals surface area (Å²) in [5.41, 5.74) is 5.88. The first-order chi connectivity index (χ1) is 21.4. The molecule has 4 aromatic rings. The molecule has 1 N–H and O–H groups in total. The van der Waals surface area contributed by atoms with Crippen molar-refractivity contribution in [3.63, 3.8) is 0 Å². The molecule has 0 bridgehead atoms. The van der Waals surface area contributed by atoms with E-state index in [2.05, 4.69) is 72.2 Å². The lowest BCUT2D eigenvalue weighted by atomic mass is 9.87. The van der Waals surface area contributed by atoms with Crippen molar-refractivity contribution in [2.75, 3.05) is 25.5 Å². The molecule has 1 amide bonds. The molecule has 5 nitrogen and oxygen atoms in total. The number of carbonyl (C=O) groups excluding carboxylic acids is 1. The Hall–Kier alpha value is -3.72. The van der Waals surface area contributed by atoms with Gasteiger partial charge < -0.3 is 14.8 Å². The lowest BCUT2D eigenvalue weighted by molar-refractivity contribution is -0.137. The normalized spacial score (nSPS) is 16.7. The van der Waals surface area contributed by atoms with E-state index in [-0.39, 0.29) is 17.5 Å². The van der Waals surface area contributed by atoms with Crippen LogP contribution in [0.4, 0.5) is 23.2 Å². The Morgan fingerprint density at radius 3 is 2.47 bits per heavy atom. The van der Waals surface area contributed by atoms with Gasteiger partial charge in [0.2, 0.25) is 5.91 Å². The van der Waals surface area contributed by atoms with Gasteiger partial charge in [0, 0.05) is 19.5 Å². The maximum atomic E-state index is 14.2. The molecule has 5 rings (SSSR count). The highest BCUT2D eigenvalue weighted by molar-refractivity contribution is 5.92. The van der Waals surface area contributed by atoms with Crippen molar-refractivity contribution in [1.82, 2.24) is 14.5 Å². The number of nitrogens with one attached hydrogen (secondary N) is 1. The topological polar surface area (TPSA) is 50.2 Å². The summed E-state index contributed by atoms with van der Waals surface area (Å²) in [6.45, 7) is 6.13. The van der Waals surface area contributed by atoms with E-state index in [1.165, 1.54) is 35.0 Å². The minimum Gasteiger partial charge on any atom is -0.331 e. The third kappa shape index (κ3) is 7.57. The third-order valence-corrected chi connectivity index (χ3v) is 9.26. The Balaban J connectivity index is 1.19. The number of rotatable bonds is 10. The molecule has 0 saturated carbocycles. The van der Waals surface area contributed by atoms with E-state index in [1.54, 1.807) is 0 Å². The number of amides is 1. The highest BCUT2D eigenvalue weighted by atomic mass is 19.4. The minimum atomic E-state index is -4.64. The first-order valence-corrected chi connectivity index (χ1v) is 15.9. The molecule has 0 spiro atoms. The largest absolute Gasteiger partial charge is 0.416 e. The second-order valence-electron chi connectivity index (χ2n) is 12.5. The molecular formula is C36H42F4N4O. The van der Waals surface area contributed by atoms with Gasteiger partial charge in [-0.05, 0) is 118 Å². The lowest BCUT2D eigenvalue weighted by Crippen LogP contribution is -2.31. The molecule has 2 unspecified atom stereocenters. The zero-order valence-corrected chi connectivity index (χ0v) is 26.5. The van der Waals surface area contributed by atoms with Crippen molar-refractivity contribution in [1.29, 1.82) is 0 Å². The molecule has 1 aromatic heterocycles. The first kappa shape index (κ1) is 32.7. The SMILES string of the molecule is CCC(CCCCc1ccc(-c2cc(C3CCCN(C)C3)c3c(c2)nc(C)n3C)cc1)C(=O)Nc1ccc(C(F)(F)F)cc1F. The number of aryl methyl sites for hydroxylation is 3. The van der Waals surface area contributed by atoms with Crippen LogP contribution in [-0.4, -0.2) is 40.5 Å². The van der Waals surface area contributed by atoms with E-state index >= 15 is 0 Å². The minimum absolute atomic E-state index is 0.234. The maximum absolute atomic E-state index is 14.2. The van der Waals surface area contributed by atoms with E-state index in [0.717, 1.165) is 61.4 Å². The van der Waals surface area contributed by atoms with Gasteiger partial charge in [0.05, 0.1) is 22.3 Å². The Labute approximate surface area is 262 Å². The number of carbonyl (C=O) groups is 1. The van der Waals surface area contributed by atoms with Crippen LogP contribution in [0.15, 0.2) is 54.6 Å². The Kier molecular flexibility index (Phi) is 9.97. The predicted molar refractivity (Wildman–Crippen MR) is 172 cm³/mol. The molecule has 2 atom stereocenters. The number of benzene rings is 3. The van der Waals surface area contributed by atoms with Gasteiger partial charge in [0.1, 0.15) is 11.6 Å². The number of alkyl halides is 3. The summed E-state index contributed by atoms with van der Waals surface area (Å²) in [6.07, 6.45) is 1.46. The van der Waals surface area contributed by atoms with Crippen LogP contribution in [0.3, 0.4) is 0 Å². The molecule has 3 aromatic carbocycles. The molecule has 0 aliphatic carbocycles. The number of anilines is 1. The van der Waals surface area contributed by atoms with E-state index in [1.807, 2.05) is 6.92 Å². The summed E-state index contributed by atoms with van der Waals surface area (Å²) in [5, 5.41) is 2.47. The van der Waals surface area contributed by atoms with Crippen LogP contribution in [0.1, 0.15) is 73.9 Å². The number of fused-ring (bicyclic) bond motifs is 1. The fourth-order valence-electron chi connectivity index (χ4n) is 6.53. The number of piperidine rings is 1. The second-order valence-corrected chi connectivity index (χ2v) is 12.5. The molecule has 45 heavy (non-hydrogen) atoms. The van der Waals surface area contributed by atoms with Gasteiger partial charge in [-0.3, -0.25) is 4.79 Å². The van der Waals surface area contributed by atoms with Gasteiger partial charge in [-0.25, -0.2) is 9.37 Å². The van der Waals surface area contributed by atoms with Crippen molar-refractivity contribution in [2.24, 2.45) is 13.0 Å². The van der Waals surface area contributed by atoms with Crippen LogP contribution in [0.25, 0.3) is 22.2 Å². The zero-order valence-electron chi connectivity index (χ0n) is 26.5. The predicted octanol–water partition coefficient (Wildman–Crippen LogP) is 8.89. The van der Waals surface area contributed by atoms with Crippen LogP contribution in [0.2, 0.25) is 0 Å². The van der Waals surface area contributed by atoms with Gasteiger partial charge in [-0.15, -0.1) is 0 Å². The summed E-state index contributed by atoms with van der Waals surface area (Å²) in [4.78, 5) is 20.0. The van der Waals surface area contributed by atoms with E-state index in [4.69, 9.17) is 4.98 Å². The summed E-state index contributed by atoms with van der Waals surface area (Å²) < 4.78 is 54.9. The quantitative estimate of drug-likeness (QED) is 0.142. The number of nitrogens with zero attached hydrogens (tertiary/aromatic N) is 3. The van der Waals surface area contributed by atoms with Crippen LogP contribution in [-0.2, 0) is 24.4 Å². The number of halogens is 4. The molecular weight excluding hydrogens is 580 g/mol. The average molecular weight is 623 g/mol. The van der Waals surface area contributed by atoms with Gasteiger partial charge >= 0.3 is 6.18 Å². The van der Waals surface area contributed by atoms with Gasteiger partial charge in [-0.1, -0.05) is 37.6 Å². The lowest BCUT2D eigenvalue weighted by Gasteiger charge is -2.30. The van der Waals surface area contributed by atoms with Crippen LogP contribution in [0.5, 0.6) is 0 Å². The smallest absolute Gasteiger partial charge is 0.331 e. The number of likely N-dealkylation sites (N-methyl/N-ethyl adjacent to an activating group) is 1. The number of imidazole rings is 1.